The monoisotopic (exact) mass is 371 g/mol. The van der Waals surface area contributed by atoms with Gasteiger partial charge in [-0.25, -0.2) is 4.98 Å². The van der Waals surface area contributed by atoms with Crippen molar-refractivity contribution in [1.82, 2.24) is 15.3 Å². The first-order chi connectivity index (χ1) is 12.1. The molecule has 0 fully saturated rings. The predicted octanol–water partition coefficient (Wildman–Crippen LogP) is 4.56. The average molecular weight is 372 g/mol. The third-order valence-electron chi connectivity index (χ3n) is 3.65. The molecule has 4 nitrogen and oxygen atoms in total. The van der Waals surface area contributed by atoms with Crippen molar-refractivity contribution in [1.29, 1.82) is 0 Å². The second-order valence-electron chi connectivity index (χ2n) is 5.58. The SMILES string of the molecule is Cc1ccc(-c2cnc(SCCNC(=O)c3ccc(Cl)cc3)[nH]2)cc1. The number of benzene rings is 2. The van der Waals surface area contributed by atoms with Crippen LogP contribution in [-0.4, -0.2) is 28.2 Å². The number of amides is 1. The van der Waals surface area contributed by atoms with E-state index in [2.05, 4.69) is 46.5 Å². The van der Waals surface area contributed by atoms with Crippen LogP contribution in [-0.2, 0) is 0 Å². The molecule has 128 valence electrons. The Hall–Kier alpha value is -2.24. The molecule has 1 aromatic heterocycles. The molecule has 0 aliphatic rings. The van der Waals surface area contributed by atoms with Crippen LogP contribution in [0.4, 0.5) is 0 Å². The molecule has 25 heavy (non-hydrogen) atoms. The molecule has 6 heteroatoms. The number of imidazole rings is 1. The first kappa shape index (κ1) is 17.6. The molecule has 0 bridgehead atoms. The molecule has 2 N–H and O–H groups in total. The minimum absolute atomic E-state index is 0.0999. The molecule has 0 aliphatic carbocycles. The number of carbonyl (C=O) groups excluding carboxylic acids is 1. The lowest BCUT2D eigenvalue weighted by atomic mass is 10.1. The molecule has 3 aromatic rings. The molecule has 0 saturated carbocycles. The first-order valence-electron chi connectivity index (χ1n) is 7.90. The smallest absolute Gasteiger partial charge is 0.251 e. The fourth-order valence-corrected chi connectivity index (χ4v) is 3.10. The highest BCUT2D eigenvalue weighted by atomic mass is 35.5. The zero-order valence-corrected chi connectivity index (χ0v) is 15.3. The van der Waals surface area contributed by atoms with Crippen molar-refractivity contribution in [2.24, 2.45) is 0 Å². The van der Waals surface area contributed by atoms with Gasteiger partial charge in [-0.3, -0.25) is 4.79 Å². The topological polar surface area (TPSA) is 57.8 Å². The number of H-pyrrole nitrogens is 1. The minimum atomic E-state index is -0.0999. The molecular weight excluding hydrogens is 354 g/mol. The van der Waals surface area contributed by atoms with Crippen LogP contribution < -0.4 is 5.32 Å². The summed E-state index contributed by atoms with van der Waals surface area (Å²) in [6, 6.07) is 15.1. The molecule has 0 unspecified atom stereocenters. The lowest BCUT2D eigenvalue weighted by Crippen LogP contribution is -2.25. The number of aryl methyl sites for hydroxylation is 1. The van der Waals surface area contributed by atoms with Gasteiger partial charge in [-0.15, -0.1) is 0 Å². The van der Waals surface area contributed by atoms with Crippen molar-refractivity contribution in [2.75, 3.05) is 12.3 Å². The van der Waals surface area contributed by atoms with E-state index >= 15 is 0 Å². The fourth-order valence-electron chi connectivity index (χ4n) is 2.27. The van der Waals surface area contributed by atoms with Crippen LogP contribution >= 0.6 is 23.4 Å². The van der Waals surface area contributed by atoms with E-state index in [1.165, 1.54) is 5.56 Å². The van der Waals surface area contributed by atoms with Crippen LogP contribution in [0.1, 0.15) is 15.9 Å². The van der Waals surface area contributed by atoms with Crippen LogP contribution in [0, 0.1) is 6.92 Å². The van der Waals surface area contributed by atoms with E-state index in [0.717, 1.165) is 22.2 Å². The summed E-state index contributed by atoms with van der Waals surface area (Å²) >= 11 is 7.40. The normalized spacial score (nSPS) is 10.6. The van der Waals surface area contributed by atoms with Gasteiger partial charge in [0.25, 0.3) is 5.91 Å². The van der Waals surface area contributed by atoms with Gasteiger partial charge in [0.1, 0.15) is 0 Å². The standard InChI is InChI=1S/C19H18ClN3OS/c1-13-2-4-14(5-3-13)17-12-22-19(23-17)25-11-10-21-18(24)15-6-8-16(20)9-7-15/h2-9,12H,10-11H2,1H3,(H,21,24)(H,22,23). The highest BCUT2D eigenvalue weighted by Crippen LogP contribution is 2.21. The van der Waals surface area contributed by atoms with Crippen molar-refractivity contribution in [2.45, 2.75) is 12.1 Å². The number of rotatable bonds is 6. The maximum absolute atomic E-state index is 12.0. The van der Waals surface area contributed by atoms with Crippen molar-refractivity contribution < 1.29 is 4.79 Å². The Bertz CT molecular complexity index is 844. The quantitative estimate of drug-likeness (QED) is 0.493. The second-order valence-corrected chi connectivity index (χ2v) is 7.10. The molecule has 0 aliphatic heterocycles. The maximum atomic E-state index is 12.0. The van der Waals surface area contributed by atoms with E-state index < -0.39 is 0 Å². The Kier molecular flexibility index (Phi) is 5.79. The number of hydrogen-bond donors (Lipinski definition) is 2. The molecule has 0 radical (unpaired) electrons. The summed E-state index contributed by atoms with van der Waals surface area (Å²) in [7, 11) is 0. The summed E-state index contributed by atoms with van der Waals surface area (Å²) in [6.45, 7) is 2.63. The number of nitrogens with zero attached hydrogens (tertiary/aromatic N) is 1. The summed E-state index contributed by atoms with van der Waals surface area (Å²) in [5.41, 5.74) is 3.94. The van der Waals surface area contributed by atoms with Gasteiger partial charge in [-0.1, -0.05) is 53.2 Å². The Balaban J connectivity index is 1.47. The van der Waals surface area contributed by atoms with Gasteiger partial charge in [0.05, 0.1) is 11.9 Å². The van der Waals surface area contributed by atoms with Gasteiger partial charge in [-0.2, -0.15) is 0 Å². The van der Waals surface area contributed by atoms with E-state index in [1.54, 1.807) is 36.0 Å². The molecule has 1 amide bonds. The molecule has 0 atom stereocenters. The number of aromatic nitrogens is 2. The van der Waals surface area contributed by atoms with Gasteiger partial charge < -0.3 is 10.3 Å². The lowest BCUT2D eigenvalue weighted by molar-refractivity contribution is 0.0956. The van der Waals surface area contributed by atoms with Gasteiger partial charge in [0.15, 0.2) is 5.16 Å². The van der Waals surface area contributed by atoms with Crippen molar-refractivity contribution in [3.8, 4) is 11.3 Å². The number of thioether (sulfide) groups is 1. The van der Waals surface area contributed by atoms with Crippen LogP contribution in [0.3, 0.4) is 0 Å². The van der Waals surface area contributed by atoms with Crippen molar-refractivity contribution >= 4 is 29.3 Å². The van der Waals surface area contributed by atoms with E-state index in [0.29, 0.717) is 17.1 Å². The zero-order valence-electron chi connectivity index (χ0n) is 13.8. The van der Waals surface area contributed by atoms with Crippen molar-refractivity contribution in [3.63, 3.8) is 0 Å². The summed E-state index contributed by atoms with van der Waals surface area (Å²) in [5, 5.41) is 4.35. The van der Waals surface area contributed by atoms with E-state index in [-0.39, 0.29) is 5.91 Å². The van der Waals surface area contributed by atoms with Gasteiger partial charge in [0, 0.05) is 22.9 Å². The van der Waals surface area contributed by atoms with Crippen LogP contribution in [0.5, 0.6) is 0 Å². The molecule has 0 saturated heterocycles. The number of aromatic amines is 1. The van der Waals surface area contributed by atoms with Crippen LogP contribution in [0.25, 0.3) is 11.3 Å². The first-order valence-corrected chi connectivity index (χ1v) is 9.27. The lowest BCUT2D eigenvalue weighted by Gasteiger charge is -2.04. The Morgan fingerprint density at radius 1 is 1.16 bits per heavy atom. The molecular formula is C19H18ClN3OS. The minimum Gasteiger partial charge on any atom is -0.351 e. The molecule has 2 aromatic carbocycles. The van der Waals surface area contributed by atoms with E-state index in [9.17, 15) is 4.79 Å². The Morgan fingerprint density at radius 2 is 1.88 bits per heavy atom. The second kappa shape index (κ2) is 8.23. The maximum Gasteiger partial charge on any atom is 0.251 e. The predicted molar refractivity (Wildman–Crippen MR) is 103 cm³/mol. The number of halogens is 1. The summed E-state index contributed by atoms with van der Waals surface area (Å²) in [6.07, 6.45) is 1.83. The van der Waals surface area contributed by atoms with Crippen LogP contribution in [0.2, 0.25) is 5.02 Å². The number of nitrogens with one attached hydrogen (secondary N) is 2. The number of carbonyl (C=O) groups is 1. The largest absolute Gasteiger partial charge is 0.351 e. The Labute approximate surface area is 156 Å². The third-order valence-corrected chi connectivity index (χ3v) is 4.79. The zero-order chi connectivity index (χ0) is 17.6. The van der Waals surface area contributed by atoms with E-state index in [4.69, 9.17) is 11.6 Å². The molecule has 1 heterocycles. The van der Waals surface area contributed by atoms with Gasteiger partial charge in [-0.05, 0) is 36.8 Å². The third kappa shape index (κ3) is 4.87. The van der Waals surface area contributed by atoms with Crippen LogP contribution in [0.15, 0.2) is 59.9 Å². The van der Waals surface area contributed by atoms with Gasteiger partial charge in [0.2, 0.25) is 0 Å². The highest BCUT2D eigenvalue weighted by molar-refractivity contribution is 7.99. The summed E-state index contributed by atoms with van der Waals surface area (Å²) in [4.78, 5) is 19.7. The van der Waals surface area contributed by atoms with Crippen molar-refractivity contribution in [3.05, 3.63) is 70.9 Å². The molecule has 3 rings (SSSR count). The fraction of sp³-hybridized carbons (Fsp3) is 0.158. The number of hydrogen-bond acceptors (Lipinski definition) is 3. The molecule has 0 spiro atoms. The van der Waals surface area contributed by atoms with Gasteiger partial charge >= 0.3 is 0 Å². The summed E-state index contributed by atoms with van der Waals surface area (Å²) in [5.74, 6) is 0.636. The summed E-state index contributed by atoms with van der Waals surface area (Å²) < 4.78 is 0. The van der Waals surface area contributed by atoms with E-state index in [1.807, 2.05) is 6.20 Å². The average Bonchev–Trinajstić information content (AvgIpc) is 3.09. The Morgan fingerprint density at radius 3 is 2.60 bits per heavy atom. The highest BCUT2D eigenvalue weighted by Gasteiger charge is 2.06.